The molecule has 0 spiro atoms. The fourth-order valence-corrected chi connectivity index (χ4v) is 3.66. The number of nitrogen functional groups attached to an aromatic ring is 1. The van der Waals surface area contributed by atoms with E-state index in [-0.39, 0.29) is 16.7 Å². The normalized spacial score (nSPS) is 11.8. The van der Waals surface area contributed by atoms with Crippen LogP contribution in [0.3, 0.4) is 0 Å². The van der Waals surface area contributed by atoms with Crippen LogP contribution in [-0.2, 0) is 16.6 Å². The molecule has 0 bridgehead atoms. The third-order valence-corrected chi connectivity index (χ3v) is 5.21. The van der Waals surface area contributed by atoms with Crippen LogP contribution < -0.4 is 5.73 Å². The van der Waals surface area contributed by atoms with Crippen molar-refractivity contribution in [1.82, 2.24) is 9.29 Å². The van der Waals surface area contributed by atoms with E-state index in [0.29, 0.717) is 5.56 Å². The highest BCUT2D eigenvalue weighted by molar-refractivity contribution is 9.10. The lowest BCUT2D eigenvalue weighted by Crippen LogP contribution is -2.27. The zero-order chi connectivity index (χ0) is 15.6. The monoisotopic (exact) mass is 373 g/mol. The van der Waals surface area contributed by atoms with Crippen molar-refractivity contribution in [3.05, 3.63) is 52.5 Å². The quantitative estimate of drug-likeness (QED) is 0.834. The fraction of sp³-hybridized carbons (Fsp3) is 0.154. The van der Waals surface area contributed by atoms with Gasteiger partial charge in [0.25, 0.3) is 0 Å². The lowest BCUT2D eigenvalue weighted by Gasteiger charge is -2.18. The van der Waals surface area contributed by atoms with Crippen molar-refractivity contribution in [2.24, 2.45) is 0 Å². The Kier molecular flexibility index (Phi) is 4.60. The Morgan fingerprint density at radius 3 is 2.76 bits per heavy atom. The molecule has 1 aromatic carbocycles. The predicted octanol–water partition coefficient (Wildman–Crippen LogP) is 2.39. The summed E-state index contributed by atoms with van der Waals surface area (Å²) in [4.78, 5) is 3.46. The van der Waals surface area contributed by atoms with Crippen molar-refractivity contribution in [3.63, 3.8) is 0 Å². The molecule has 2 N–H and O–H groups in total. The minimum absolute atomic E-state index is 0.0100. The minimum Gasteiger partial charge on any atom is -0.399 e. The molecule has 0 atom stereocenters. The first-order chi connectivity index (χ1) is 9.82. The second-order valence-corrected chi connectivity index (χ2v) is 7.30. The van der Waals surface area contributed by atoms with E-state index in [9.17, 15) is 12.8 Å². The molecule has 1 heterocycles. The Balaban J connectivity index is 2.38. The molecule has 0 aliphatic rings. The van der Waals surface area contributed by atoms with Crippen LogP contribution >= 0.6 is 15.9 Å². The van der Waals surface area contributed by atoms with Gasteiger partial charge in [-0.15, -0.1) is 0 Å². The third-order valence-electron chi connectivity index (χ3n) is 2.83. The number of anilines is 1. The first kappa shape index (κ1) is 15.9. The summed E-state index contributed by atoms with van der Waals surface area (Å²) < 4.78 is 40.0. The molecule has 0 amide bonds. The average molecular weight is 374 g/mol. The lowest BCUT2D eigenvalue weighted by atomic mass is 10.3. The lowest BCUT2D eigenvalue weighted by molar-refractivity contribution is 0.459. The molecule has 0 fully saturated rings. The minimum atomic E-state index is -3.99. The zero-order valence-corrected chi connectivity index (χ0v) is 13.5. The Hall–Kier alpha value is -1.51. The highest BCUT2D eigenvalue weighted by Crippen LogP contribution is 2.28. The SMILES string of the molecule is CN(Cc1cccnc1)S(=O)(=O)c1cc(N)cc(Br)c1F. The van der Waals surface area contributed by atoms with E-state index >= 15 is 0 Å². The smallest absolute Gasteiger partial charge is 0.246 e. The Morgan fingerprint density at radius 2 is 2.14 bits per heavy atom. The number of nitrogens with zero attached hydrogens (tertiary/aromatic N) is 2. The molecule has 0 saturated carbocycles. The van der Waals surface area contributed by atoms with Crippen LogP contribution in [0.1, 0.15) is 5.56 Å². The second kappa shape index (κ2) is 6.08. The molecule has 2 aromatic rings. The van der Waals surface area contributed by atoms with Gasteiger partial charge in [0.1, 0.15) is 4.90 Å². The van der Waals surface area contributed by atoms with E-state index in [1.807, 2.05) is 0 Å². The van der Waals surface area contributed by atoms with Crippen LogP contribution in [0.5, 0.6) is 0 Å². The summed E-state index contributed by atoms with van der Waals surface area (Å²) in [7, 11) is -2.62. The number of halogens is 2. The van der Waals surface area contributed by atoms with Gasteiger partial charge in [-0.3, -0.25) is 4.98 Å². The second-order valence-electron chi connectivity index (χ2n) is 4.44. The molecule has 0 aliphatic carbocycles. The van der Waals surface area contributed by atoms with Gasteiger partial charge in [-0.2, -0.15) is 4.31 Å². The first-order valence-corrected chi connectivity index (χ1v) is 8.15. The van der Waals surface area contributed by atoms with Gasteiger partial charge in [0.05, 0.1) is 4.47 Å². The van der Waals surface area contributed by atoms with Gasteiger partial charge in [-0.05, 0) is 39.7 Å². The van der Waals surface area contributed by atoms with Gasteiger partial charge in [0.15, 0.2) is 5.82 Å². The van der Waals surface area contributed by atoms with Gasteiger partial charge >= 0.3 is 0 Å². The van der Waals surface area contributed by atoms with E-state index in [1.165, 1.54) is 13.1 Å². The van der Waals surface area contributed by atoms with Crippen molar-refractivity contribution in [2.75, 3.05) is 12.8 Å². The number of benzene rings is 1. The van der Waals surface area contributed by atoms with Crippen molar-refractivity contribution >= 4 is 31.6 Å². The molecular formula is C13H13BrFN3O2S. The number of pyridine rings is 1. The van der Waals surface area contributed by atoms with E-state index in [1.54, 1.807) is 24.5 Å². The van der Waals surface area contributed by atoms with Crippen molar-refractivity contribution in [2.45, 2.75) is 11.4 Å². The number of hydrogen-bond donors (Lipinski definition) is 1. The molecule has 112 valence electrons. The van der Waals surface area contributed by atoms with Gasteiger partial charge in [0, 0.05) is 31.7 Å². The predicted molar refractivity (Wildman–Crippen MR) is 81.4 cm³/mol. The van der Waals surface area contributed by atoms with Crippen LogP contribution in [0.4, 0.5) is 10.1 Å². The molecule has 5 nitrogen and oxygen atoms in total. The van der Waals surface area contributed by atoms with E-state index in [0.717, 1.165) is 10.4 Å². The van der Waals surface area contributed by atoms with Gasteiger partial charge in [-0.25, -0.2) is 12.8 Å². The molecule has 2 rings (SSSR count). The van der Waals surface area contributed by atoms with Crippen molar-refractivity contribution in [3.8, 4) is 0 Å². The summed E-state index contributed by atoms with van der Waals surface area (Å²) in [6.45, 7) is 0.0853. The number of rotatable bonds is 4. The molecule has 21 heavy (non-hydrogen) atoms. The largest absolute Gasteiger partial charge is 0.399 e. The summed E-state index contributed by atoms with van der Waals surface area (Å²) in [6, 6.07) is 5.86. The summed E-state index contributed by atoms with van der Waals surface area (Å²) in [5, 5.41) is 0. The van der Waals surface area contributed by atoms with Crippen molar-refractivity contribution < 1.29 is 12.8 Å². The Labute approximate surface area is 130 Å². The summed E-state index contributed by atoms with van der Waals surface area (Å²) in [6.07, 6.45) is 3.14. The molecule has 8 heteroatoms. The van der Waals surface area contributed by atoms with Crippen molar-refractivity contribution in [1.29, 1.82) is 0 Å². The Morgan fingerprint density at radius 1 is 1.43 bits per heavy atom. The summed E-state index contributed by atoms with van der Waals surface area (Å²) >= 11 is 2.96. The van der Waals surface area contributed by atoms with Crippen LogP contribution in [0.2, 0.25) is 0 Å². The van der Waals surface area contributed by atoms with Crippen LogP contribution in [0.15, 0.2) is 46.0 Å². The van der Waals surface area contributed by atoms with Gasteiger partial charge in [0.2, 0.25) is 10.0 Å². The zero-order valence-electron chi connectivity index (χ0n) is 11.1. The van der Waals surface area contributed by atoms with Gasteiger partial charge < -0.3 is 5.73 Å². The molecule has 0 saturated heterocycles. The van der Waals surface area contributed by atoms with Crippen LogP contribution in [-0.4, -0.2) is 24.8 Å². The molecule has 1 aromatic heterocycles. The topological polar surface area (TPSA) is 76.3 Å². The number of sulfonamides is 1. The molecule has 0 radical (unpaired) electrons. The van der Waals surface area contributed by atoms with E-state index < -0.39 is 20.7 Å². The maximum atomic E-state index is 14.1. The van der Waals surface area contributed by atoms with Crippen LogP contribution in [0, 0.1) is 5.82 Å². The number of hydrogen-bond acceptors (Lipinski definition) is 4. The first-order valence-electron chi connectivity index (χ1n) is 5.92. The maximum absolute atomic E-state index is 14.1. The highest BCUT2D eigenvalue weighted by atomic mass is 79.9. The average Bonchev–Trinajstić information content (AvgIpc) is 2.43. The number of nitrogens with two attached hydrogens (primary N) is 1. The Bertz CT molecular complexity index is 754. The van der Waals surface area contributed by atoms with E-state index in [4.69, 9.17) is 5.73 Å². The highest BCUT2D eigenvalue weighted by Gasteiger charge is 2.26. The standard InChI is InChI=1S/C13H13BrFN3O2S/c1-18(8-9-3-2-4-17-7-9)21(19,20)12-6-10(16)5-11(14)13(12)15/h2-7H,8,16H2,1H3. The van der Waals surface area contributed by atoms with Crippen LogP contribution in [0.25, 0.3) is 0 Å². The molecule has 0 aliphatic heterocycles. The maximum Gasteiger partial charge on any atom is 0.246 e. The molecular weight excluding hydrogens is 361 g/mol. The third kappa shape index (κ3) is 3.39. The summed E-state index contributed by atoms with van der Waals surface area (Å²) in [5.74, 6) is -0.859. The van der Waals surface area contributed by atoms with E-state index in [2.05, 4.69) is 20.9 Å². The molecule has 0 unspecified atom stereocenters. The fourth-order valence-electron chi connectivity index (χ4n) is 1.77. The summed E-state index contributed by atoms with van der Waals surface area (Å²) in [5.41, 5.74) is 6.45. The number of aromatic nitrogens is 1. The van der Waals surface area contributed by atoms with Gasteiger partial charge in [-0.1, -0.05) is 6.07 Å².